The van der Waals surface area contributed by atoms with Gasteiger partial charge in [-0.15, -0.1) is 0 Å². The molecule has 0 aromatic carbocycles. The van der Waals surface area contributed by atoms with Crippen LogP contribution in [0.25, 0.3) is 16.8 Å². The second-order valence-corrected chi connectivity index (χ2v) is 8.36. The number of aliphatic hydroxyl groups is 1. The molecule has 1 aliphatic rings. The van der Waals surface area contributed by atoms with Crippen LogP contribution in [0.3, 0.4) is 0 Å². The predicted octanol–water partition coefficient (Wildman–Crippen LogP) is 3.33. The number of furan rings is 1. The standard InChI is InChI=1S/C21H23N7O2S/c1-13-5-20(31-27-13)26-19-7-18(14-3-2-4-22-8-14)25-21-17(10-24-28(19)21)15-6-16(30-11-15)9-23-12-29/h5-7,9-11,14,22,26,29H,2-4,8,12H2,1H3/b23-9-. The third-order valence-corrected chi connectivity index (χ3v) is 6.11. The predicted molar refractivity (Wildman–Crippen MR) is 120 cm³/mol. The number of aliphatic hydroxyl groups excluding tert-OH is 1. The molecule has 1 aliphatic heterocycles. The summed E-state index contributed by atoms with van der Waals surface area (Å²) in [7, 11) is 0. The Balaban J connectivity index is 1.59. The van der Waals surface area contributed by atoms with Crippen LogP contribution in [-0.2, 0) is 0 Å². The van der Waals surface area contributed by atoms with Gasteiger partial charge in [-0.3, -0.25) is 4.99 Å². The molecule has 160 valence electrons. The minimum Gasteiger partial charge on any atom is -0.463 e. The number of hydrogen-bond donors (Lipinski definition) is 3. The molecule has 9 nitrogen and oxygen atoms in total. The van der Waals surface area contributed by atoms with Crippen molar-refractivity contribution in [3.63, 3.8) is 0 Å². The fourth-order valence-corrected chi connectivity index (χ4v) is 4.50. The highest BCUT2D eigenvalue weighted by Crippen LogP contribution is 2.32. The maximum Gasteiger partial charge on any atom is 0.165 e. The van der Waals surface area contributed by atoms with Gasteiger partial charge < -0.3 is 20.2 Å². The lowest BCUT2D eigenvalue weighted by atomic mass is 9.96. The average molecular weight is 438 g/mol. The summed E-state index contributed by atoms with van der Waals surface area (Å²) in [4.78, 5) is 8.82. The van der Waals surface area contributed by atoms with Crippen molar-refractivity contribution < 1.29 is 9.52 Å². The monoisotopic (exact) mass is 437 g/mol. The molecule has 0 aliphatic carbocycles. The van der Waals surface area contributed by atoms with Gasteiger partial charge in [0.1, 0.15) is 23.3 Å². The van der Waals surface area contributed by atoms with Crippen LogP contribution in [0.5, 0.6) is 0 Å². The fraction of sp³-hybridized carbons (Fsp3) is 0.333. The number of aliphatic imine (C=N–C) groups is 1. The highest BCUT2D eigenvalue weighted by atomic mass is 32.1. The van der Waals surface area contributed by atoms with E-state index in [1.807, 2.05) is 23.6 Å². The molecule has 1 unspecified atom stereocenters. The van der Waals surface area contributed by atoms with Crippen molar-refractivity contribution in [2.45, 2.75) is 25.7 Å². The molecule has 0 amide bonds. The summed E-state index contributed by atoms with van der Waals surface area (Å²) < 4.78 is 11.7. The number of nitrogens with one attached hydrogen (secondary N) is 2. The van der Waals surface area contributed by atoms with Gasteiger partial charge >= 0.3 is 0 Å². The van der Waals surface area contributed by atoms with Gasteiger partial charge in [-0.1, -0.05) is 0 Å². The van der Waals surface area contributed by atoms with Crippen LogP contribution >= 0.6 is 11.5 Å². The molecular formula is C21H23N7O2S. The van der Waals surface area contributed by atoms with Crippen LogP contribution in [0, 0.1) is 6.92 Å². The fourth-order valence-electron chi connectivity index (χ4n) is 3.83. The van der Waals surface area contributed by atoms with E-state index in [1.165, 1.54) is 17.7 Å². The third kappa shape index (κ3) is 4.09. The van der Waals surface area contributed by atoms with E-state index in [0.717, 1.165) is 64.9 Å². The summed E-state index contributed by atoms with van der Waals surface area (Å²) >= 11 is 1.42. The SMILES string of the molecule is Cc1cc(Nc2cc(C3CCCNC3)nc3c(-c4coc(/C=N\CO)c4)cnn23)sn1. The number of fused-ring (bicyclic) bond motifs is 1. The van der Waals surface area contributed by atoms with E-state index < -0.39 is 0 Å². The van der Waals surface area contributed by atoms with Crippen molar-refractivity contribution in [1.29, 1.82) is 0 Å². The van der Waals surface area contributed by atoms with E-state index in [2.05, 4.69) is 31.2 Å². The van der Waals surface area contributed by atoms with Crippen molar-refractivity contribution in [2.75, 3.05) is 25.1 Å². The quantitative estimate of drug-likeness (QED) is 0.397. The van der Waals surface area contributed by atoms with Crippen molar-refractivity contribution in [1.82, 2.24) is 24.3 Å². The zero-order chi connectivity index (χ0) is 21.2. The zero-order valence-corrected chi connectivity index (χ0v) is 17.9. The van der Waals surface area contributed by atoms with Gasteiger partial charge in [0.05, 0.1) is 30.1 Å². The van der Waals surface area contributed by atoms with E-state index >= 15 is 0 Å². The molecule has 5 rings (SSSR count). The van der Waals surface area contributed by atoms with Gasteiger partial charge in [0.15, 0.2) is 5.65 Å². The summed E-state index contributed by atoms with van der Waals surface area (Å²) in [6.07, 6.45) is 7.20. The van der Waals surface area contributed by atoms with Gasteiger partial charge in [0.25, 0.3) is 0 Å². The van der Waals surface area contributed by atoms with Crippen molar-refractivity contribution in [3.05, 3.63) is 47.8 Å². The normalized spacial score (nSPS) is 17.0. The second kappa shape index (κ2) is 8.58. The van der Waals surface area contributed by atoms with Gasteiger partial charge in [-0.2, -0.15) is 14.0 Å². The first-order valence-electron chi connectivity index (χ1n) is 10.2. The van der Waals surface area contributed by atoms with Gasteiger partial charge in [0, 0.05) is 29.7 Å². The molecule has 0 radical (unpaired) electrons. The smallest absolute Gasteiger partial charge is 0.165 e. The lowest BCUT2D eigenvalue weighted by molar-refractivity contribution is 0.310. The molecule has 0 saturated carbocycles. The van der Waals surface area contributed by atoms with E-state index in [1.54, 1.807) is 12.5 Å². The maximum absolute atomic E-state index is 8.89. The summed E-state index contributed by atoms with van der Waals surface area (Å²) in [6.45, 7) is 3.67. The van der Waals surface area contributed by atoms with E-state index in [0.29, 0.717) is 11.7 Å². The molecule has 1 saturated heterocycles. The Hall–Kier alpha value is -3.08. The van der Waals surface area contributed by atoms with Crippen molar-refractivity contribution in [2.24, 2.45) is 4.99 Å². The minimum atomic E-state index is -0.279. The van der Waals surface area contributed by atoms with Crippen molar-refractivity contribution >= 4 is 34.2 Å². The molecule has 0 bridgehead atoms. The number of aromatic nitrogens is 4. The number of anilines is 2. The number of hydrogen-bond acceptors (Lipinski definition) is 9. The molecule has 4 aromatic heterocycles. The summed E-state index contributed by atoms with van der Waals surface area (Å²) in [5, 5.41) is 21.4. The Morgan fingerprint density at radius 2 is 2.35 bits per heavy atom. The van der Waals surface area contributed by atoms with Gasteiger partial charge in [0.2, 0.25) is 0 Å². The Labute approximate surface area is 183 Å². The average Bonchev–Trinajstić information content (AvgIpc) is 3.52. The summed E-state index contributed by atoms with van der Waals surface area (Å²) in [5.74, 6) is 1.77. The number of piperidine rings is 1. The van der Waals surface area contributed by atoms with E-state index in [9.17, 15) is 0 Å². The van der Waals surface area contributed by atoms with E-state index in [4.69, 9.17) is 14.5 Å². The molecule has 5 heterocycles. The van der Waals surface area contributed by atoms with Gasteiger partial charge in [-0.05, 0) is 50.0 Å². The Morgan fingerprint density at radius 1 is 1.42 bits per heavy atom. The molecule has 1 atom stereocenters. The molecule has 4 aromatic rings. The van der Waals surface area contributed by atoms with E-state index in [-0.39, 0.29) is 6.73 Å². The van der Waals surface area contributed by atoms with Crippen LogP contribution < -0.4 is 10.6 Å². The molecule has 3 N–H and O–H groups in total. The van der Waals surface area contributed by atoms with Crippen molar-refractivity contribution in [3.8, 4) is 11.1 Å². The molecule has 10 heteroatoms. The highest BCUT2D eigenvalue weighted by Gasteiger charge is 2.21. The molecule has 31 heavy (non-hydrogen) atoms. The lowest BCUT2D eigenvalue weighted by Crippen LogP contribution is -2.29. The van der Waals surface area contributed by atoms with Gasteiger partial charge in [-0.25, -0.2) is 4.98 Å². The van der Waals surface area contributed by atoms with Crippen LogP contribution in [-0.4, -0.2) is 50.1 Å². The highest BCUT2D eigenvalue weighted by molar-refractivity contribution is 7.10. The topological polar surface area (TPSA) is 113 Å². The third-order valence-electron chi connectivity index (χ3n) is 5.32. The maximum atomic E-state index is 8.89. The zero-order valence-electron chi connectivity index (χ0n) is 17.1. The number of aryl methyl sites for hydroxylation is 1. The van der Waals surface area contributed by atoms with Crippen LogP contribution in [0.1, 0.15) is 35.9 Å². The number of rotatable bonds is 6. The molecular weight excluding hydrogens is 414 g/mol. The largest absolute Gasteiger partial charge is 0.463 e. The first kappa shape index (κ1) is 19.9. The number of nitrogens with zero attached hydrogens (tertiary/aromatic N) is 5. The Bertz CT molecular complexity index is 1220. The Morgan fingerprint density at radius 3 is 3.13 bits per heavy atom. The Kier molecular flexibility index (Phi) is 5.49. The molecule has 1 fully saturated rings. The first-order valence-corrected chi connectivity index (χ1v) is 11.0. The second-order valence-electron chi connectivity index (χ2n) is 7.55. The van der Waals surface area contributed by atoms with Crippen LogP contribution in [0.2, 0.25) is 0 Å². The molecule has 0 spiro atoms. The minimum absolute atomic E-state index is 0.279. The van der Waals surface area contributed by atoms with Crippen LogP contribution in [0.15, 0.2) is 40.1 Å². The summed E-state index contributed by atoms with van der Waals surface area (Å²) in [5.41, 5.74) is 4.52. The lowest BCUT2D eigenvalue weighted by Gasteiger charge is -2.23. The van der Waals surface area contributed by atoms with Crippen LogP contribution in [0.4, 0.5) is 10.8 Å². The first-order chi connectivity index (χ1) is 15.2. The summed E-state index contributed by atoms with van der Waals surface area (Å²) in [6, 6.07) is 5.98.